The molecular weight excluding hydrogens is 302 g/mol. The molecular formula is C16H20ClN3O2. The highest BCUT2D eigenvalue weighted by molar-refractivity contribution is 6.30. The molecule has 118 valence electrons. The first-order chi connectivity index (χ1) is 10.6. The van der Waals surface area contributed by atoms with Crippen molar-refractivity contribution in [3.05, 3.63) is 34.9 Å². The van der Waals surface area contributed by atoms with E-state index >= 15 is 0 Å². The highest BCUT2D eigenvalue weighted by Crippen LogP contribution is 2.32. The van der Waals surface area contributed by atoms with Gasteiger partial charge in [-0.1, -0.05) is 23.7 Å². The zero-order chi connectivity index (χ0) is 15.5. The first kappa shape index (κ1) is 15.3. The third-order valence-electron chi connectivity index (χ3n) is 4.35. The molecule has 2 fully saturated rings. The third-order valence-corrected chi connectivity index (χ3v) is 4.60. The van der Waals surface area contributed by atoms with E-state index in [1.54, 1.807) is 4.90 Å². The SMILES string of the molecule is O=C1CN(C(=O)CN2CCC[C@@H]2c2ccc(Cl)cc2)CCN1. The maximum absolute atomic E-state index is 12.4. The molecule has 2 amide bonds. The van der Waals surface area contributed by atoms with Crippen LogP contribution in [0.15, 0.2) is 24.3 Å². The first-order valence-electron chi connectivity index (χ1n) is 7.67. The Kier molecular flexibility index (Phi) is 4.64. The number of piperazine rings is 1. The molecule has 1 aromatic carbocycles. The summed E-state index contributed by atoms with van der Waals surface area (Å²) in [5, 5.41) is 3.47. The Balaban J connectivity index is 1.64. The molecule has 0 saturated carbocycles. The van der Waals surface area contributed by atoms with Gasteiger partial charge in [0.25, 0.3) is 0 Å². The second-order valence-corrected chi connectivity index (χ2v) is 6.28. The van der Waals surface area contributed by atoms with Gasteiger partial charge in [-0.15, -0.1) is 0 Å². The molecule has 2 aliphatic rings. The molecule has 2 saturated heterocycles. The van der Waals surface area contributed by atoms with Crippen molar-refractivity contribution in [2.24, 2.45) is 0 Å². The summed E-state index contributed by atoms with van der Waals surface area (Å²) in [6.45, 7) is 2.62. The molecule has 2 heterocycles. The van der Waals surface area contributed by atoms with E-state index in [2.05, 4.69) is 10.2 Å². The standard InChI is InChI=1S/C16H20ClN3O2/c17-13-5-3-12(4-6-13)14-2-1-8-19(14)11-16(22)20-9-7-18-15(21)10-20/h3-6,14H,1-2,7-11H2,(H,18,21)/t14-/m1/s1. The number of hydrogen-bond donors (Lipinski definition) is 1. The molecule has 0 radical (unpaired) electrons. The fourth-order valence-corrected chi connectivity index (χ4v) is 3.33. The minimum atomic E-state index is -0.0738. The van der Waals surface area contributed by atoms with Crippen LogP contribution in [0.25, 0.3) is 0 Å². The summed E-state index contributed by atoms with van der Waals surface area (Å²) < 4.78 is 0. The van der Waals surface area contributed by atoms with Crippen LogP contribution in [-0.2, 0) is 9.59 Å². The average Bonchev–Trinajstić information content (AvgIpc) is 2.96. The van der Waals surface area contributed by atoms with E-state index in [1.807, 2.05) is 24.3 Å². The van der Waals surface area contributed by atoms with Gasteiger partial charge in [0.15, 0.2) is 0 Å². The molecule has 1 aromatic rings. The Morgan fingerprint density at radius 2 is 2.05 bits per heavy atom. The fourth-order valence-electron chi connectivity index (χ4n) is 3.20. The van der Waals surface area contributed by atoms with Gasteiger partial charge in [-0.3, -0.25) is 14.5 Å². The van der Waals surface area contributed by atoms with Crippen LogP contribution in [0.2, 0.25) is 5.02 Å². The number of hydrogen-bond acceptors (Lipinski definition) is 3. The van der Waals surface area contributed by atoms with E-state index < -0.39 is 0 Å². The number of halogens is 1. The maximum Gasteiger partial charge on any atom is 0.239 e. The number of carbonyl (C=O) groups is 2. The summed E-state index contributed by atoms with van der Waals surface area (Å²) in [6, 6.07) is 8.11. The van der Waals surface area contributed by atoms with Gasteiger partial charge in [-0.25, -0.2) is 0 Å². The van der Waals surface area contributed by atoms with Gasteiger partial charge in [-0.2, -0.15) is 0 Å². The molecule has 0 unspecified atom stereocenters. The molecule has 5 nitrogen and oxygen atoms in total. The minimum Gasteiger partial charge on any atom is -0.353 e. The van der Waals surface area contributed by atoms with Crippen LogP contribution >= 0.6 is 11.6 Å². The molecule has 0 aliphatic carbocycles. The lowest BCUT2D eigenvalue weighted by molar-refractivity contribution is -0.139. The molecule has 6 heteroatoms. The molecule has 22 heavy (non-hydrogen) atoms. The number of nitrogens with zero attached hydrogens (tertiary/aromatic N) is 2. The van der Waals surface area contributed by atoms with Gasteiger partial charge in [-0.05, 0) is 37.1 Å². The van der Waals surface area contributed by atoms with Crippen molar-refractivity contribution in [2.45, 2.75) is 18.9 Å². The lowest BCUT2D eigenvalue weighted by Gasteiger charge is -2.30. The fraction of sp³-hybridized carbons (Fsp3) is 0.500. The monoisotopic (exact) mass is 321 g/mol. The van der Waals surface area contributed by atoms with Gasteiger partial charge >= 0.3 is 0 Å². The Morgan fingerprint density at radius 3 is 2.77 bits per heavy atom. The molecule has 3 rings (SSSR count). The minimum absolute atomic E-state index is 0.0377. The highest BCUT2D eigenvalue weighted by atomic mass is 35.5. The summed E-state index contributed by atoms with van der Waals surface area (Å²) in [5.41, 5.74) is 1.20. The van der Waals surface area contributed by atoms with Gasteiger partial charge in [0, 0.05) is 24.2 Å². The number of amides is 2. The van der Waals surface area contributed by atoms with Crippen molar-refractivity contribution in [1.82, 2.24) is 15.1 Å². The normalized spacial score (nSPS) is 22.7. The lowest BCUT2D eigenvalue weighted by Crippen LogP contribution is -2.52. The van der Waals surface area contributed by atoms with Gasteiger partial charge in [0.1, 0.15) is 0 Å². The maximum atomic E-state index is 12.4. The smallest absolute Gasteiger partial charge is 0.239 e. The van der Waals surface area contributed by atoms with Crippen molar-refractivity contribution in [3.63, 3.8) is 0 Å². The van der Waals surface area contributed by atoms with E-state index in [-0.39, 0.29) is 24.4 Å². The van der Waals surface area contributed by atoms with Crippen LogP contribution < -0.4 is 5.32 Å². The quantitative estimate of drug-likeness (QED) is 0.916. The predicted octanol–water partition coefficient (Wildman–Crippen LogP) is 1.44. The third kappa shape index (κ3) is 3.42. The van der Waals surface area contributed by atoms with Gasteiger partial charge in [0.2, 0.25) is 11.8 Å². The van der Waals surface area contributed by atoms with Crippen molar-refractivity contribution in [2.75, 3.05) is 32.7 Å². The summed E-state index contributed by atoms with van der Waals surface area (Å²) in [7, 11) is 0. The van der Waals surface area contributed by atoms with E-state index in [4.69, 9.17) is 11.6 Å². The second-order valence-electron chi connectivity index (χ2n) is 5.85. The molecule has 1 N–H and O–H groups in total. The molecule has 0 bridgehead atoms. The summed E-state index contributed by atoms with van der Waals surface area (Å²) in [5.74, 6) is -0.0361. The van der Waals surface area contributed by atoms with E-state index in [1.165, 1.54) is 5.56 Å². The molecule has 1 atom stereocenters. The molecule has 0 aromatic heterocycles. The van der Waals surface area contributed by atoms with Crippen LogP contribution in [0.1, 0.15) is 24.4 Å². The van der Waals surface area contributed by atoms with E-state index in [9.17, 15) is 9.59 Å². The van der Waals surface area contributed by atoms with E-state index in [0.717, 1.165) is 24.4 Å². The average molecular weight is 322 g/mol. The Morgan fingerprint density at radius 1 is 1.27 bits per heavy atom. The van der Waals surface area contributed by atoms with Crippen molar-refractivity contribution < 1.29 is 9.59 Å². The van der Waals surface area contributed by atoms with Crippen molar-refractivity contribution in [3.8, 4) is 0 Å². The first-order valence-corrected chi connectivity index (χ1v) is 8.05. The van der Waals surface area contributed by atoms with Crippen LogP contribution in [0.3, 0.4) is 0 Å². The highest BCUT2D eigenvalue weighted by Gasteiger charge is 2.30. The van der Waals surface area contributed by atoms with Gasteiger partial charge in [0.05, 0.1) is 13.1 Å². The molecule has 0 spiro atoms. The Labute approximate surface area is 135 Å². The number of benzene rings is 1. The number of likely N-dealkylation sites (tertiary alicyclic amines) is 1. The number of nitrogens with one attached hydrogen (secondary N) is 1. The largest absolute Gasteiger partial charge is 0.353 e. The van der Waals surface area contributed by atoms with E-state index in [0.29, 0.717) is 19.6 Å². The zero-order valence-electron chi connectivity index (χ0n) is 12.4. The van der Waals surface area contributed by atoms with Crippen LogP contribution in [0.5, 0.6) is 0 Å². The Hall–Kier alpha value is -1.59. The summed E-state index contributed by atoms with van der Waals surface area (Å²) >= 11 is 5.94. The lowest BCUT2D eigenvalue weighted by atomic mass is 10.0. The Bertz CT molecular complexity index is 561. The summed E-state index contributed by atoms with van der Waals surface area (Å²) in [6.07, 6.45) is 2.14. The number of rotatable bonds is 3. The summed E-state index contributed by atoms with van der Waals surface area (Å²) in [4.78, 5) is 27.7. The molecule has 2 aliphatic heterocycles. The number of carbonyl (C=O) groups excluding carboxylic acids is 2. The topological polar surface area (TPSA) is 52.7 Å². The van der Waals surface area contributed by atoms with Crippen molar-refractivity contribution in [1.29, 1.82) is 0 Å². The van der Waals surface area contributed by atoms with Gasteiger partial charge < -0.3 is 10.2 Å². The second kappa shape index (κ2) is 6.67. The van der Waals surface area contributed by atoms with Crippen LogP contribution in [0, 0.1) is 0 Å². The zero-order valence-corrected chi connectivity index (χ0v) is 13.2. The van der Waals surface area contributed by atoms with Crippen LogP contribution in [-0.4, -0.2) is 54.3 Å². The van der Waals surface area contributed by atoms with Crippen molar-refractivity contribution >= 4 is 23.4 Å². The predicted molar refractivity (Wildman–Crippen MR) is 84.6 cm³/mol. The van der Waals surface area contributed by atoms with Crippen LogP contribution in [0.4, 0.5) is 0 Å².